The topological polar surface area (TPSA) is 68.5 Å². The Labute approximate surface area is 150 Å². The monoisotopic (exact) mass is 347 g/mol. The van der Waals surface area contributed by atoms with Gasteiger partial charge in [-0.15, -0.1) is 0 Å². The van der Waals surface area contributed by atoms with E-state index in [1.54, 1.807) is 48.7 Å². The first kappa shape index (κ1) is 17.2. The van der Waals surface area contributed by atoms with Gasteiger partial charge in [0, 0.05) is 5.69 Å². The highest BCUT2D eigenvalue weighted by Gasteiger charge is 2.14. The first-order valence-electron chi connectivity index (χ1n) is 7.98. The van der Waals surface area contributed by atoms with Crippen molar-refractivity contribution >= 4 is 29.2 Å². The summed E-state index contributed by atoms with van der Waals surface area (Å²) < 4.78 is 10.0. The molecule has 0 aliphatic heterocycles. The largest absolute Gasteiger partial charge is 0.465 e. The number of carbonyl (C=O) groups is 2. The molecule has 5 nitrogen and oxygen atoms in total. The molecule has 1 N–H and O–H groups in total. The number of carbonyl (C=O) groups excluding carboxylic acids is 2. The lowest BCUT2D eigenvalue weighted by atomic mass is 10.0. The summed E-state index contributed by atoms with van der Waals surface area (Å²) in [5.74, 6) is -0.201. The van der Waals surface area contributed by atoms with E-state index in [1.807, 2.05) is 30.3 Å². The van der Waals surface area contributed by atoms with E-state index < -0.39 is 5.97 Å². The van der Waals surface area contributed by atoms with Crippen molar-refractivity contribution in [2.75, 3.05) is 12.4 Å². The third-order valence-electron chi connectivity index (χ3n) is 3.70. The van der Waals surface area contributed by atoms with Crippen LogP contribution in [0.25, 0.3) is 11.6 Å². The Morgan fingerprint density at radius 3 is 2.42 bits per heavy atom. The maximum absolute atomic E-state index is 12.9. The Balaban J connectivity index is 1.91. The van der Waals surface area contributed by atoms with Crippen molar-refractivity contribution in [1.29, 1.82) is 0 Å². The molecule has 1 heterocycles. The van der Waals surface area contributed by atoms with E-state index in [4.69, 9.17) is 9.15 Å². The van der Waals surface area contributed by atoms with Gasteiger partial charge in [-0.3, -0.25) is 4.79 Å². The molecule has 2 aromatic carbocycles. The van der Waals surface area contributed by atoms with E-state index in [0.29, 0.717) is 22.6 Å². The van der Waals surface area contributed by atoms with Crippen LogP contribution in [0.2, 0.25) is 0 Å². The molecular weight excluding hydrogens is 330 g/mol. The van der Waals surface area contributed by atoms with Crippen molar-refractivity contribution in [3.8, 4) is 0 Å². The number of hydrogen-bond acceptors (Lipinski definition) is 4. The van der Waals surface area contributed by atoms with Gasteiger partial charge in [0.05, 0.1) is 24.5 Å². The minimum absolute atomic E-state index is 0.311. The standard InChI is InChI=1S/C21H17NO4/c1-25-21(24)16-9-5-10-17(13-16)22-20(23)19(14-18-11-6-12-26-18)15-7-3-2-4-8-15/h2-14H,1H3,(H,22,23)/b19-14+. The van der Waals surface area contributed by atoms with Gasteiger partial charge in [0.1, 0.15) is 5.76 Å². The summed E-state index contributed by atoms with van der Waals surface area (Å²) in [6.07, 6.45) is 3.22. The molecule has 130 valence electrons. The van der Waals surface area contributed by atoms with Gasteiger partial charge < -0.3 is 14.5 Å². The van der Waals surface area contributed by atoms with Gasteiger partial charge in [0.15, 0.2) is 0 Å². The van der Waals surface area contributed by atoms with Gasteiger partial charge in [-0.1, -0.05) is 36.4 Å². The zero-order valence-electron chi connectivity index (χ0n) is 14.1. The predicted molar refractivity (Wildman–Crippen MR) is 99.4 cm³/mol. The van der Waals surface area contributed by atoms with Crippen LogP contribution in [0, 0.1) is 0 Å². The molecular formula is C21H17NO4. The van der Waals surface area contributed by atoms with E-state index in [2.05, 4.69) is 5.32 Å². The molecule has 0 spiro atoms. The highest BCUT2D eigenvalue weighted by molar-refractivity contribution is 6.29. The van der Waals surface area contributed by atoms with Gasteiger partial charge in [-0.2, -0.15) is 0 Å². The van der Waals surface area contributed by atoms with Crippen LogP contribution < -0.4 is 5.32 Å². The lowest BCUT2D eigenvalue weighted by Gasteiger charge is -2.10. The number of nitrogens with one attached hydrogen (secondary N) is 1. The number of ether oxygens (including phenoxy) is 1. The minimum Gasteiger partial charge on any atom is -0.465 e. The van der Waals surface area contributed by atoms with Crippen molar-refractivity contribution in [3.63, 3.8) is 0 Å². The predicted octanol–water partition coefficient (Wildman–Crippen LogP) is 4.25. The molecule has 3 aromatic rings. The Kier molecular flexibility index (Phi) is 5.29. The van der Waals surface area contributed by atoms with Crippen LogP contribution in [0.15, 0.2) is 77.4 Å². The maximum Gasteiger partial charge on any atom is 0.337 e. The summed E-state index contributed by atoms with van der Waals surface area (Å²) in [4.78, 5) is 24.5. The summed E-state index contributed by atoms with van der Waals surface area (Å²) in [6.45, 7) is 0. The molecule has 5 heteroatoms. The van der Waals surface area contributed by atoms with Crippen molar-refractivity contribution < 1.29 is 18.7 Å². The first-order chi connectivity index (χ1) is 12.7. The Morgan fingerprint density at radius 1 is 0.962 bits per heavy atom. The van der Waals surface area contributed by atoms with Crippen LogP contribution in [0.3, 0.4) is 0 Å². The van der Waals surface area contributed by atoms with Gasteiger partial charge >= 0.3 is 5.97 Å². The number of esters is 1. The normalized spacial score (nSPS) is 11.0. The molecule has 0 saturated heterocycles. The Bertz CT molecular complexity index is 928. The summed E-state index contributed by atoms with van der Waals surface area (Å²) in [5, 5.41) is 2.82. The molecule has 1 amide bonds. The molecule has 0 fully saturated rings. The zero-order chi connectivity index (χ0) is 18.4. The number of furan rings is 1. The number of benzene rings is 2. The third-order valence-corrected chi connectivity index (χ3v) is 3.70. The number of hydrogen-bond donors (Lipinski definition) is 1. The van der Waals surface area contributed by atoms with Crippen molar-refractivity contribution in [2.24, 2.45) is 0 Å². The molecule has 0 radical (unpaired) electrons. The van der Waals surface area contributed by atoms with Gasteiger partial charge in [0.2, 0.25) is 0 Å². The minimum atomic E-state index is -0.462. The van der Waals surface area contributed by atoms with Crippen LogP contribution in [0.4, 0.5) is 5.69 Å². The highest BCUT2D eigenvalue weighted by Crippen LogP contribution is 2.21. The fraction of sp³-hybridized carbons (Fsp3) is 0.0476. The lowest BCUT2D eigenvalue weighted by molar-refractivity contribution is -0.111. The van der Waals surface area contributed by atoms with E-state index in [1.165, 1.54) is 7.11 Å². The highest BCUT2D eigenvalue weighted by atomic mass is 16.5. The average molecular weight is 347 g/mol. The quantitative estimate of drug-likeness (QED) is 0.553. The smallest absolute Gasteiger partial charge is 0.337 e. The van der Waals surface area contributed by atoms with Crippen LogP contribution in [-0.2, 0) is 9.53 Å². The summed E-state index contributed by atoms with van der Waals surface area (Å²) in [5.41, 5.74) is 2.07. The SMILES string of the molecule is COC(=O)c1cccc(NC(=O)/C(=C/c2ccco2)c2ccccc2)c1. The van der Waals surface area contributed by atoms with Gasteiger partial charge in [0.25, 0.3) is 5.91 Å². The van der Waals surface area contributed by atoms with Crippen LogP contribution in [0.5, 0.6) is 0 Å². The zero-order valence-corrected chi connectivity index (χ0v) is 14.1. The fourth-order valence-corrected chi connectivity index (χ4v) is 2.45. The van der Waals surface area contributed by atoms with Gasteiger partial charge in [-0.25, -0.2) is 4.79 Å². The number of amides is 1. The van der Waals surface area contributed by atoms with E-state index in [0.717, 1.165) is 5.56 Å². The molecule has 0 aliphatic carbocycles. The summed E-state index contributed by atoms with van der Waals surface area (Å²) in [6, 6.07) is 19.4. The molecule has 0 aliphatic rings. The van der Waals surface area contributed by atoms with Crippen LogP contribution in [0.1, 0.15) is 21.7 Å². The second kappa shape index (κ2) is 7.98. The Hall–Kier alpha value is -3.60. The summed E-state index contributed by atoms with van der Waals surface area (Å²) in [7, 11) is 1.31. The van der Waals surface area contributed by atoms with E-state index >= 15 is 0 Å². The molecule has 3 rings (SSSR count). The van der Waals surface area contributed by atoms with Crippen molar-refractivity contribution in [3.05, 3.63) is 89.9 Å². The molecule has 26 heavy (non-hydrogen) atoms. The van der Waals surface area contributed by atoms with Crippen molar-refractivity contribution in [2.45, 2.75) is 0 Å². The average Bonchev–Trinajstić information content (AvgIpc) is 3.19. The van der Waals surface area contributed by atoms with E-state index in [9.17, 15) is 9.59 Å². The number of methoxy groups -OCH3 is 1. The molecule has 0 bridgehead atoms. The molecule has 0 atom stereocenters. The van der Waals surface area contributed by atoms with Gasteiger partial charge in [-0.05, 0) is 42.0 Å². The Morgan fingerprint density at radius 2 is 1.73 bits per heavy atom. The fourth-order valence-electron chi connectivity index (χ4n) is 2.45. The molecule has 1 aromatic heterocycles. The molecule has 0 unspecified atom stereocenters. The van der Waals surface area contributed by atoms with Crippen LogP contribution in [-0.4, -0.2) is 19.0 Å². The second-order valence-corrected chi connectivity index (χ2v) is 5.47. The molecule has 0 saturated carbocycles. The summed E-state index contributed by atoms with van der Waals surface area (Å²) >= 11 is 0. The maximum atomic E-state index is 12.9. The van der Waals surface area contributed by atoms with Crippen LogP contribution >= 0.6 is 0 Å². The second-order valence-electron chi connectivity index (χ2n) is 5.47. The van der Waals surface area contributed by atoms with E-state index in [-0.39, 0.29) is 5.91 Å². The lowest BCUT2D eigenvalue weighted by Crippen LogP contribution is -2.14. The number of rotatable bonds is 5. The number of anilines is 1. The third kappa shape index (κ3) is 4.08. The van der Waals surface area contributed by atoms with Crippen molar-refractivity contribution in [1.82, 2.24) is 0 Å². The first-order valence-corrected chi connectivity index (χ1v) is 7.98.